The standard InChI is InChI=1S/C20H19F4N3O3S/c1-30-18(28)17-3-2-10-27(17)31-14-8-9-16(15(21)11-14)26-19(29)25-13-6-4-12(5-7-13)20(22,23)24/h4-9,11,17H,2-3,10H2,1H3,(H2,25,26,29). The number of ether oxygens (including phenoxy) is 1. The maximum absolute atomic E-state index is 14.4. The van der Waals surface area contributed by atoms with Crippen LogP contribution >= 0.6 is 11.9 Å². The molecule has 6 nitrogen and oxygen atoms in total. The minimum atomic E-state index is -4.48. The Hall–Kier alpha value is -2.79. The van der Waals surface area contributed by atoms with Crippen molar-refractivity contribution < 1.29 is 31.9 Å². The van der Waals surface area contributed by atoms with Gasteiger partial charge in [-0.25, -0.2) is 13.5 Å². The van der Waals surface area contributed by atoms with Crippen LogP contribution in [0.1, 0.15) is 18.4 Å². The van der Waals surface area contributed by atoms with Gasteiger partial charge >= 0.3 is 18.2 Å². The number of alkyl halides is 3. The van der Waals surface area contributed by atoms with Crippen molar-refractivity contribution >= 4 is 35.3 Å². The maximum Gasteiger partial charge on any atom is 0.416 e. The molecule has 166 valence electrons. The molecule has 1 heterocycles. The summed E-state index contributed by atoms with van der Waals surface area (Å²) in [6.45, 7) is 0.654. The molecule has 0 saturated carbocycles. The molecule has 0 spiro atoms. The number of rotatable bonds is 5. The molecule has 1 fully saturated rings. The number of esters is 1. The van der Waals surface area contributed by atoms with E-state index in [4.69, 9.17) is 4.74 Å². The first-order valence-corrected chi connectivity index (χ1v) is 10.0. The SMILES string of the molecule is COC(=O)C1CCCN1Sc1ccc(NC(=O)Nc2ccc(C(F)(F)F)cc2)c(F)c1. The van der Waals surface area contributed by atoms with Crippen molar-refractivity contribution in [2.24, 2.45) is 0 Å². The lowest BCUT2D eigenvalue weighted by Crippen LogP contribution is -2.32. The smallest absolute Gasteiger partial charge is 0.416 e. The average Bonchev–Trinajstić information content (AvgIpc) is 3.17. The van der Waals surface area contributed by atoms with Gasteiger partial charge in [-0.2, -0.15) is 13.2 Å². The Balaban J connectivity index is 1.60. The van der Waals surface area contributed by atoms with E-state index in [1.807, 2.05) is 4.31 Å². The number of carbonyl (C=O) groups is 2. The van der Waals surface area contributed by atoms with Crippen molar-refractivity contribution in [3.8, 4) is 0 Å². The van der Waals surface area contributed by atoms with Crippen LogP contribution in [0.4, 0.5) is 33.7 Å². The largest absolute Gasteiger partial charge is 0.468 e. The number of halogens is 4. The molecule has 0 bridgehead atoms. The molecule has 3 rings (SSSR count). The van der Waals surface area contributed by atoms with Gasteiger partial charge in [-0.05, 0) is 67.3 Å². The summed E-state index contributed by atoms with van der Waals surface area (Å²) in [5.41, 5.74) is -0.814. The number of anilines is 2. The fourth-order valence-corrected chi connectivity index (χ4v) is 4.13. The molecule has 1 atom stereocenters. The van der Waals surface area contributed by atoms with Crippen molar-refractivity contribution in [1.29, 1.82) is 0 Å². The first-order chi connectivity index (χ1) is 14.7. The number of carbonyl (C=O) groups excluding carboxylic acids is 2. The highest BCUT2D eigenvalue weighted by Gasteiger charge is 2.32. The van der Waals surface area contributed by atoms with E-state index in [2.05, 4.69) is 10.6 Å². The van der Waals surface area contributed by atoms with Crippen LogP contribution in [0.25, 0.3) is 0 Å². The molecule has 1 aliphatic heterocycles. The first kappa shape index (κ1) is 22.9. The van der Waals surface area contributed by atoms with E-state index in [-0.39, 0.29) is 17.3 Å². The molecule has 11 heteroatoms. The predicted octanol–water partition coefficient (Wildman–Crippen LogP) is 5.13. The number of amides is 2. The number of benzene rings is 2. The first-order valence-electron chi connectivity index (χ1n) is 9.24. The fraction of sp³-hybridized carbons (Fsp3) is 0.300. The number of nitrogens with zero attached hydrogens (tertiary/aromatic N) is 1. The minimum absolute atomic E-state index is 0.0975. The van der Waals surface area contributed by atoms with Crippen molar-refractivity contribution in [2.45, 2.75) is 30.0 Å². The Morgan fingerprint density at radius 1 is 1.13 bits per heavy atom. The summed E-state index contributed by atoms with van der Waals surface area (Å²) in [5, 5.41) is 4.66. The molecule has 31 heavy (non-hydrogen) atoms. The maximum atomic E-state index is 14.4. The Kier molecular flexibility index (Phi) is 7.06. The molecule has 2 N–H and O–H groups in total. The fourth-order valence-electron chi connectivity index (χ4n) is 3.04. The zero-order chi connectivity index (χ0) is 22.6. The highest BCUT2D eigenvalue weighted by atomic mass is 32.2. The second-order valence-corrected chi connectivity index (χ2v) is 7.83. The second-order valence-electron chi connectivity index (χ2n) is 6.71. The van der Waals surface area contributed by atoms with Gasteiger partial charge in [-0.1, -0.05) is 0 Å². The molecule has 2 aromatic rings. The van der Waals surface area contributed by atoms with E-state index in [1.165, 1.54) is 31.2 Å². The Bertz CT molecular complexity index is 954. The molecular formula is C20H19F4N3O3S. The summed E-state index contributed by atoms with van der Waals surface area (Å²) < 4.78 is 58.8. The molecule has 1 unspecified atom stereocenters. The third-order valence-electron chi connectivity index (χ3n) is 4.56. The molecule has 1 saturated heterocycles. The highest BCUT2D eigenvalue weighted by molar-refractivity contribution is 7.97. The van der Waals surface area contributed by atoms with Crippen LogP contribution in [0.3, 0.4) is 0 Å². The van der Waals surface area contributed by atoms with Crippen LogP contribution in [0.5, 0.6) is 0 Å². The third kappa shape index (κ3) is 5.88. The Morgan fingerprint density at radius 2 is 1.84 bits per heavy atom. The van der Waals surface area contributed by atoms with Gasteiger partial charge in [0.25, 0.3) is 0 Å². The normalized spacial score (nSPS) is 16.7. The second kappa shape index (κ2) is 9.56. The molecular weight excluding hydrogens is 438 g/mol. The predicted molar refractivity (Wildman–Crippen MR) is 108 cm³/mol. The van der Waals surface area contributed by atoms with Gasteiger partial charge in [-0.3, -0.25) is 4.79 Å². The zero-order valence-electron chi connectivity index (χ0n) is 16.3. The summed E-state index contributed by atoms with van der Waals surface area (Å²) in [4.78, 5) is 24.4. The van der Waals surface area contributed by atoms with E-state index in [0.717, 1.165) is 30.7 Å². The van der Waals surface area contributed by atoms with Crippen LogP contribution in [0, 0.1) is 5.82 Å². The number of urea groups is 1. The molecule has 0 radical (unpaired) electrons. The molecule has 0 aliphatic carbocycles. The van der Waals surface area contributed by atoms with Crippen LogP contribution in [0.2, 0.25) is 0 Å². The van der Waals surface area contributed by atoms with E-state index in [9.17, 15) is 27.2 Å². The molecule has 2 amide bonds. The number of methoxy groups -OCH3 is 1. The van der Waals surface area contributed by atoms with Gasteiger partial charge in [0.15, 0.2) is 0 Å². The number of hydrogen-bond donors (Lipinski definition) is 2. The number of nitrogens with one attached hydrogen (secondary N) is 2. The summed E-state index contributed by atoms with van der Waals surface area (Å²) in [5.74, 6) is -1.04. The van der Waals surface area contributed by atoms with E-state index < -0.39 is 29.6 Å². The van der Waals surface area contributed by atoms with E-state index >= 15 is 0 Å². The van der Waals surface area contributed by atoms with E-state index in [1.54, 1.807) is 6.07 Å². The third-order valence-corrected chi connectivity index (χ3v) is 5.69. The van der Waals surface area contributed by atoms with Crippen molar-refractivity contribution in [3.05, 3.63) is 53.8 Å². The zero-order valence-corrected chi connectivity index (χ0v) is 17.1. The Labute approximate surface area is 180 Å². The van der Waals surface area contributed by atoms with Gasteiger partial charge in [-0.15, -0.1) is 0 Å². The van der Waals surface area contributed by atoms with Gasteiger partial charge in [0.1, 0.15) is 11.9 Å². The summed E-state index contributed by atoms with van der Waals surface area (Å²) in [6.07, 6.45) is -3.00. The molecule has 2 aromatic carbocycles. The van der Waals surface area contributed by atoms with E-state index in [0.29, 0.717) is 17.9 Å². The van der Waals surface area contributed by atoms with Crippen molar-refractivity contribution in [2.75, 3.05) is 24.3 Å². The van der Waals surface area contributed by atoms with Gasteiger partial charge in [0.2, 0.25) is 0 Å². The monoisotopic (exact) mass is 457 g/mol. The van der Waals surface area contributed by atoms with Gasteiger partial charge in [0.05, 0.1) is 18.4 Å². The molecule has 1 aliphatic rings. The summed E-state index contributed by atoms with van der Waals surface area (Å²) >= 11 is 1.22. The van der Waals surface area contributed by atoms with Crippen LogP contribution < -0.4 is 10.6 Å². The Morgan fingerprint density at radius 3 is 2.45 bits per heavy atom. The van der Waals surface area contributed by atoms with Gasteiger partial charge in [0, 0.05) is 17.1 Å². The quantitative estimate of drug-likeness (QED) is 0.370. The van der Waals surface area contributed by atoms with Crippen LogP contribution in [-0.2, 0) is 15.7 Å². The minimum Gasteiger partial charge on any atom is -0.468 e. The lowest BCUT2D eigenvalue weighted by molar-refractivity contribution is -0.144. The molecule has 0 aromatic heterocycles. The van der Waals surface area contributed by atoms with Crippen LogP contribution in [0.15, 0.2) is 47.4 Å². The lowest BCUT2D eigenvalue weighted by Gasteiger charge is -2.21. The van der Waals surface area contributed by atoms with Crippen molar-refractivity contribution in [3.63, 3.8) is 0 Å². The van der Waals surface area contributed by atoms with Crippen LogP contribution in [-0.4, -0.2) is 36.0 Å². The lowest BCUT2D eigenvalue weighted by atomic mass is 10.2. The summed E-state index contributed by atoms with van der Waals surface area (Å²) in [7, 11) is 1.32. The van der Waals surface area contributed by atoms with Crippen molar-refractivity contribution in [1.82, 2.24) is 4.31 Å². The highest BCUT2D eigenvalue weighted by Crippen LogP contribution is 2.33. The van der Waals surface area contributed by atoms with Gasteiger partial charge < -0.3 is 15.4 Å². The summed E-state index contributed by atoms with van der Waals surface area (Å²) in [6, 6.07) is 6.87. The average molecular weight is 457 g/mol. The number of hydrogen-bond acceptors (Lipinski definition) is 5. The topological polar surface area (TPSA) is 70.7 Å².